The van der Waals surface area contributed by atoms with Crippen molar-refractivity contribution in [3.8, 4) is 11.4 Å². The number of hydrogen-bond donors (Lipinski definition) is 4. The van der Waals surface area contributed by atoms with Gasteiger partial charge >= 0.3 is 18.2 Å². The molecule has 11 rings (SSSR count). The Hall–Kier alpha value is -10.3. The molecule has 6 aromatic carbocycles. The van der Waals surface area contributed by atoms with Crippen LogP contribution < -0.4 is 16.4 Å². The molecular formula is C75H75F6N9O8S3. The summed E-state index contributed by atoms with van der Waals surface area (Å²) in [5, 5.41) is 14.0. The van der Waals surface area contributed by atoms with Crippen molar-refractivity contribution in [2.45, 2.75) is 120 Å². The number of anilines is 3. The van der Waals surface area contributed by atoms with Crippen LogP contribution in [0.5, 0.6) is 0 Å². The number of nitrogen functional groups attached to an aromatic ring is 1. The van der Waals surface area contributed by atoms with Gasteiger partial charge in [-0.15, -0.1) is 34.0 Å². The summed E-state index contributed by atoms with van der Waals surface area (Å²) in [7, 11) is 0. The lowest BCUT2D eigenvalue weighted by Gasteiger charge is -2.37. The summed E-state index contributed by atoms with van der Waals surface area (Å²) < 4.78 is 91.4. The van der Waals surface area contributed by atoms with Crippen LogP contribution in [0.15, 0.2) is 182 Å². The standard InChI is InChI=1S/C35H36F2N4O3S.C34H35F2N5O3S.C6H4F2O2S/c1-22-10-9-13-26(18-22)41-28-15-14-25(19-27(28)38-33(41)39-32(42)30-17-16-29(45-30)31(36)37)20-40(23(2)35(3,4)5)34(43)44-21-24-11-7-6-8-12-24;1-21(34(2,3)4)40(33(43)44-20-22-9-6-5-7-10-22)19-23-13-14-27-26(17-23)38-32(41(27)25-12-8-11-24(37)18-25)39-31(42)29-16-15-28(45-29)30(35)36;7-5(8)3-1-2-4(11-3)6(9)10/h6-19,23,31H,20-21H2,1-5H3,(H,38,39,42);5-18,21,30H,19-20,37H2,1-4H3,(H,38,39,42);1-2,5H,(H,9,10)/t23-;21-;/m00./s1. The van der Waals surface area contributed by atoms with E-state index >= 15 is 0 Å². The second-order valence-electron chi connectivity index (χ2n) is 25.8. The number of amides is 4. The highest BCUT2D eigenvalue weighted by Crippen LogP contribution is 2.35. The predicted molar refractivity (Wildman–Crippen MR) is 384 cm³/mol. The maximum atomic E-state index is 13.4. The minimum atomic E-state index is -2.66. The van der Waals surface area contributed by atoms with Crippen LogP contribution >= 0.6 is 34.0 Å². The highest BCUT2D eigenvalue weighted by Gasteiger charge is 2.33. The highest BCUT2D eigenvalue weighted by molar-refractivity contribution is 7.14. The summed E-state index contributed by atoms with van der Waals surface area (Å²) in [5.41, 5.74) is 14.6. The van der Waals surface area contributed by atoms with E-state index in [9.17, 15) is 50.3 Å². The Morgan fingerprint density at radius 1 is 0.495 bits per heavy atom. The minimum Gasteiger partial charge on any atom is -0.477 e. The average Bonchev–Trinajstić information content (AvgIpc) is 1.62. The average molecular weight is 1440 g/mol. The lowest BCUT2D eigenvalue weighted by molar-refractivity contribution is 0.0537. The number of benzene rings is 6. The van der Waals surface area contributed by atoms with Gasteiger partial charge in [-0.25, -0.2) is 50.7 Å². The summed E-state index contributed by atoms with van der Waals surface area (Å²) in [6, 6.07) is 52.6. The van der Waals surface area contributed by atoms with E-state index in [0.29, 0.717) is 39.3 Å². The molecule has 0 aliphatic rings. The van der Waals surface area contributed by atoms with Gasteiger partial charge in [0.1, 0.15) is 18.1 Å². The normalized spacial score (nSPS) is 12.1. The van der Waals surface area contributed by atoms with E-state index < -0.39 is 49.2 Å². The summed E-state index contributed by atoms with van der Waals surface area (Å²) in [5.74, 6) is -1.79. The van der Waals surface area contributed by atoms with E-state index in [0.717, 1.165) is 67.8 Å². The first-order valence-corrected chi connectivity index (χ1v) is 34.3. The fourth-order valence-electron chi connectivity index (χ4n) is 10.3. The molecule has 4 amide bonds. The smallest absolute Gasteiger partial charge is 0.410 e. The van der Waals surface area contributed by atoms with Gasteiger partial charge in [0.2, 0.25) is 11.9 Å². The molecule has 5 N–H and O–H groups in total. The van der Waals surface area contributed by atoms with Gasteiger partial charge in [0, 0.05) is 36.5 Å². The number of carbonyl (C=O) groups is 5. The largest absolute Gasteiger partial charge is 0.477 e. The summed E-state index contributed by atoms with van der Waals surface area (Å²) in [4.78, 5) is 75.9. The zero-order valence-corrected chi connectivity index (χ0v) is 59.0. The van der Waals surface area contributed by atoms with Crippen LogP contribution in [-0.4, -0.2) is 76.1 Å². The Bertz CT molecular complexity index is 4430. The third-order valence-electron chi connectivity index (χ3n) is 16.5. The van der Waals surface area contributed by atoms with E-state index in [1.165, 1.54) is 30.3 Å². The van der Waals surface area contributed by atoms with Crippen molar-refractivity contribution >= 4 is 104 Å². The Balaban J connectivity index is 0.000000204. The quantitative estimate of drug-likeness (QED) is 0.0416. The highest BCUT2D eigenvalue weighted by atomic mass is 32.1. The van der Waals surface area contributed by atoms with Crippen LogP contribution in [0.2, 0.25) is 0 Å². The number of nitrogens with two attached hydrogens (primary N) is 1. The molecule has 5 heterocycles. The number of aromatic carboxylic acids is 1. The van der Waals surface area contributed by atoms with Gasteiger partial charge in [-0.1, -0.05) is 133 Å². The maximum absolute atomic E-state index is 13.4. The molecule has 0 unspecified atom stereocenters. The second-order valence-corrected chi connectivity index (χ2v) is 29.1. The Kier molecular flexibility index (Phi) is 24.3. The lowest BCUT2D eigenvalue weighted by Crippen LogP contribution is -2.45. The number of alkyl halides is 6. The number of aryl methyl sites for hydroxylation is 1. The van der Waals surface area contributed by atoms with Gasteiger partial charge in [0.25, 0.3) is 31.1 Å². The molecule has 2 atom stereocenters. The van der Waals surface area contributed by atoms with Crippen molar-refractivity contribution in [2.24, 2.45) is 10.8 Å². The minimum absolute atomic E-state index is 0.0553. The number of fused-ring (bicyclic) bond motifs is 2. The monoisotopic (exact) mass is 1440 g/mol. The molecule has 17 nitrogen and oxygen atoms in total. The van der Waals surface area contributed by atoms with Crippen LogP contribution in [0.4, 0.5) is 53.5 Å². The number of rotatable bonds is 20. The van der Waals surface area contributed by atoms with E-state index in [1.54, 1.807) is 32.6 Å². The molecule has 0 spiro atoms. The summed E-state index contributed by atoms with van der Waals surface area (Å²) in [6.07, 6.45) is -8.74. The third kappa shape index (κ3) is 19.4. The number of carboxylic acid groups (broad SMARTS) is 1. The molecule has 0 saturated carbocycles. The van der Waals surface area contributed by atoms with Crippen molar-refractivity contribution in [1.29, 1.82) is 0 Å². The molecule has 101 heavy (non-hydrogen) atoms. The van der Waals surface area contributed by atoms with Crippen molar-refractivity contribution in [1.82, 2.24) is 28.9 Å². The molecule has 26 heteroatoms. The number of halogens is 6. The number of imidazole rings is 2. The first-order valence-electron chi connectivity index (χ1n) is 31.8. The molecule has 0 bridgehead atoms. The topological polar surface area (TPSA) is 216 Å². The van der Waals surface area contributed by atoms with Crippen molar-refractivity contribution in [3.63, 3.8) is 0 Å². The van der Waals surface area contributed by atoms with Gasteiger partial charge < -0.3 is 30.1 Å². The van der Waals surface area contributed by atoms with Crippen molar-refractivity contribution < 1.29 is 64.9 Å². The molecule has 11 aromatic rings. The molecule has 5 aromatic heterocycles. The molecule has 528 valence electrons. The van der Waals surface area contributed by atoms with Gasteiger partial charge in [-0.3, -0.25) is 29.4 Å². The molecule has 0 aliphatic heterocycles. The molecule has 0 aliphatic carbocycles. The van der Waals surface area contributed by atoms with Crippen LogP contribution in [0.25, 0.3) is 33.4 Å². The van der Waals surface area contributed by atoms with E-state index in [2.05, 4.69) is 52.2 Å². The number of aromatic nitrogens is 4. The molecule has 0 fully saturated rings. The third-order valence-corrected chi connectivity index (χ3v) is 19.8. The number of thiophene rings is 3. The second kappa shape index (κ2) is 32.8. The van der Waals surface area contributed by atoms with Crippen LogP contribution in [0.3, 0.4) is 0 Å². The number of hydrogen-bond acceptors (Lipinski definition) is 13. The Morgan fingerprint density at radius 2 is 0.881 bits per heavy atom. The van der Waals surface area contributed by atoms with E-state index in [-0.39, 0.29) is 90.4 Å². The molecule has 0 saturated heterocycles. The lowest BCUT2D eigenvalue weighted by atomic mass is 9.87. The molecule has 0 radical (unpaired) electrons. The zero-order chi connectivity index (χ0) is 73.0. The fourth-order valence-corrected chi connectivity index (χ4v) is 12.5. The van der Waals surface area contributed by atoms with E-state index in [4.69, 9.17) is 30.3 Å². The number of carboxylic acids is 1. The number of carbonyl (C=O) groups excluding carboxylic acids is 4. The van der Waals surface area contributed by atoms with Crippen LogP contribution in [0, 0.1) is 17.8 Å². The SMILES string of the molecule is C[C@H](N(Cc1ccc2c(c1)nc(NC(=O)c1ccc(C(F)F)s1)n2-c1cccc(N)c1)C(=O)OCc1ccccc1)C(C)(C)C.Cc1cccc(-n2c(NC(=O)c3ccc(C(F)F)s3)nc3cc(CN(C(=O)OCc4ccccc4)[C@@H](C)C(C)(C)C)ccc32)c1.O=C(O)c1ccc(C(F)F)s1. The number of nitrogens with one attached hydrogen (secondary N) is 2. The number of ether oxygens (including phenoxy) is 2. The zero-order valence-electron chi connectivity index (χ0n) is 56.6. The first kappa shape index (κ1) is 74.9. The molecular weight excluding hydrogens is 1370 g/mol. The summed E-state index contributed by atoms with van der Waals surface area (Å²) >= 11 is 2.08. The fraction of sp³-hybridized carbons (Fsp3) is 0.267. The summed E-state index contributed by atoms with van der Waals surface area (Å²) in [6.45, 7) is 19.3. The predicted octanol–water partition coefficient (Wildman–Crippen LogP) is 20.0. The van der Waals surface area contributed by atoms with E-state index in [1.807, 2.05) is 153 Å². The van der Waals surface area contributed by atoms with Gasteiger partial charge in [-0.05, 0) is 150 Å². The first-order chi connectivity index (χ1) is 47.9. The van der Waals surface area contributed by atoms with Crippen molar-refractivity contribution in [2.75, 3.05) is 16.4 Å². The maximum Gasteiger partial charge on any atom is 0.410 e. The van der Waals surface area contributed by atoms with Gasteiger partial charge in [-0.2, -0.15) is 0 Å². The van der Waals surface area contributed by atoms with Crippen LogP contribution in [0.1, 0.15) is 146 Å². The van der Waals surface area contributed by atoms with Crippen LogP contribution in [-0.2, 0) is 35.8 Å². The number of nitrogens with zero attached hydrogens (tertiary/aromatic N) is 6. The Labute approximate surface area is 591 Å². The van der Waals surface area contributed by atoms with Gasteiger partial charge in [0.15, 0.2) is 0 Å². The van der Waals surface area contributed by atoms with Gasteiger partial charge in [0.05, 0.1) is 52.1 Å². The Morgan fingerprint density at radius 3 is 1.24 bits per heavy atom. The van der Waals surface area contributed by atoms with Crippen molar-refractivity contribution in [3.05, 3.63) is 239 Å².